The van der Waals surface area contributed by atoms with Crippen molar-refractivity contribution in [2.75, 3.05) is 11.2 Å². The predicted molar refractivity (Wildman–Crippen MR) is 127 cm³/mol. The molecule has 0 unspecified atom stereocenters. The van der Waals surface area contributed by atoms with Gasteiger partial charge in [-0.2, -0.15) is 5.26 Å². The number of benzene rings is 2. The monoisotopic (exact) mass is 463 g/mol. The standard InChI is InChI=1S/C23H18FN5OS2/c1-14-20(22(30)28-31-2)27-23(32-14)29(17-8-5-15(12-25)6-9-17)13-16-7-10-19(24)18-4-3-11-26-21(16)18/h3-11H,13H2,1-2H3,(H,28,30). The van der Waals surface area contributed by atoms with Crippen molar-refractivity contribution in [3.05, 3.63) is 82.2 Å². The molecule has 4 rings (SSSR count). The van der Waals surface area contributed by atoms with Gasteiger partial charge in [-0.05, 0) is 55.0 Å². The van der Waals surface area contributed by atoms with Gasteiger partial charge in [0.1, 0.15) is 11.5 Å². The van der Waals surface area contributed by atoms with E-state index in [1.165, 1.54) is 29.4 Å². The van der Waals surface area contributed by atoms with Gasteiger partial charge in [-0.25, -0.2) is 9.37 Å². The minimum atomic E-state index is -0.331. The Morgan fingerprint density at radius 1 is 1.25 bits per heavy atom. The maximum absolute atomic E-state index is 14.3. The van der Waals surface area contributed by atoms with Crippen molar-refractivity contribution in [1.82, 2.24) is 14.7 Å². The van der Waals surface area contributed by atoms with Gasteiger partial charge in [-0.3, -0.25) is 14.5 Å². The van der Waals surface area contributed by atoms with E-state index in [0.29, 0.717) is 33.8 Å². The molecule has 9 heteroatoms. The molecule has 2 aromatic heterocycles. The maximum Gasteiger partial charge on any atom is 0.280 e. The molecule has 0 saturated heterocycles. The normalized spacial score (nSPS) is 10.7. The van der Waals surface area contributed by atoms with Crippen molar-refractivity contribution in [3.63, 3.8) is 0 Å². The molecule has 0 radical (unpaired) electrons. The van der Waals surface area contributed by atoms with E-state index in [9.17, 15) is 9.18 Å². The molecule has 0 spiro atoms. The van der Waals surface area contributed by atoms with E-state index in [0.717, 1.165) is 16.1 Å². The number of aromatic nitrogens is 2. The third-order valence-electron chi connectivity index (χ3n) is 4.86. The van der Waals surface area contributed by atoms with Crippen LogP contribution in [0.15, 0.2) is 54.7 Å². The largest absolute Gasteiger partial charge is 0.313 e. The molecule has 160 valence electrons. The van der Waals surface area contributed by atoms with Crippen molar-refractivity contribution in [3.8, 4) is 6.07 Å². The van der Waals surface area contributed by atoms with Gasteiger partial charge in [0, 0.05) is 28.4 Å². The van der Waals surface area contributed by atoms with Crippen LogP contribution < -0.4 is 9.62 Å². The first-order valence-electron chi connectivity index (χ1n) is 9.62. The molecule has 0 aliphatic heterocycles. The molecule has 1 amide bonds. The van der Waals surface area contributed by atoms with Crippen molar-refractivity contribution < 1.29 is 9.18 Å². The minimum Gasteiger partial charge on any atom is -0.313 e. The van der Waals surface area contributed by atoms with E-state index >= 15 is 0 Å². The number of nitrogens with one attached hydrogen (secondary N) is 1. The number of hydrogen-bond acceptors (Lipinski definition) is 7. The first kappa shape index (κ1) is 21.7. The Hall–Kier alpha value is -3.48. The molecule has 0 atom stereocenters. The summed E-state index contributed by atoms with van der Waals surface area (Å²) in [5.74, 6) is -0.589. The van der Waals surface area contributed by atoms with Crippen LogP contribution in [0.5, 0.6) is 0 Å². The zero-order chi connectivity index (χ0) is 22.7. The average molecular weight is 464 g/mol. The Morgan fingerprint density at radius 2 is 2.03 bits per heavy atom. The number of carbonyl (C=O) groups excluding carboxylic acids is 1. The molecule has 0 bridgehead atoms. The number of carbonyl (C=O) groups is 1. The summed E-state index contributed by atoms with van der Waals surface area (Å²) in [6.07, 6.45) is 3.41. The minimum absolute atomic E-state index is 0.258. The fourth-order valence-corrected chi connectivity index (χ4v) is 4.54. The highest BCUT2D eigenvalue weighted by molar-refractivity contribution is 7.97. The highest BCUT2D eigenvalue weighted by Gasteiger charge is 2.21. The number of rotatable bonds is 6. The first-order chi connectivity index (χ1) is 15.5. The molecular weight excluding hydrogens is 445 g/mol. The second kappa shape index (κ2) is 9.34. The quantitative estimate of drug-likeness (QED) is 0.388. The number of aryl methyl sites for hydroxylation is 1. The number of pyridine rings is 1. The molecule has 1 N–H and O–H groups in total. The molecule has 32 heavy (non-hydrogen) atoms. The summed E-state index contributed by atoms with van der Waals surface area (Å²) in [5.41, 5.74) is 3.08. The van der Waals surface area contributed by atoms with Crippen LogP contribution in [0.3, 0.4) is 0 Å². The van der Waals surface area contributed by atoms with Crippen LogP contribution in [-0.4, -0.2) is 22.1 Å². The molecule has 2 heterocycles. The van der Waals surface area contributed by atoms with Crippen molar-refractivity contribution >= 4 is 50.9 Å². The van der Waals surface area contributed by atoms with Gasteiger partial charge in [-0.1, -0.05) is 18.0 Å². The Bertz CT molecular complexity index is 1330. The van der Waals surface area contributed by atoms with Crippen LogP contribution >= 0.6 is 23.3 Å². The molecule has 6 nitrogen and oxygen atoms in total. The van der Waals surface area contributed by atoms with Crippen LogP contribution in [0.4, 0.5) is 15.2 Å². The molecule has 4 aromatic rings. The maximum atomic E-state index is 14.3. The fraction of sp³-hybridized carbons (Fsp3) is 0.130. The third-order valence-corrected chi connectivity index (χ3v) is 6.25. The lowest BCUT2D eigenvalue weighted by Gasteiger charge is -2.23. The molecule has 0 aliphatic carbocycles. The molecule has 0 saturated carbocycles. The number of nitriles is 1. The lowest BCUT2D eigenvalue weighted by atomic mass is 10.1. The second-order valence-corrected chi connectivity index (χ2v) is 8.68. The van der Waals surface area contributed by atoms with Crippen LogP contribution in [0, 0.1) is 24.1 Å². The van der Waals surface area contributed by atoms with E-state index in [4.69, 9.17) is 5.26 Å². The summed E-state index contributed by atoms with van der Waals surface area (Å²) in [6.45, 7) is 2.21. The average Bonchev–Trinajstić information content (AvgIpc) is 3.20. The van der Waals surface area contributed by atoms with Crippen LogP contribution in [0.2, 0.25) is 0 Å². The highest BCUT2D eigenvalue weighted by Crippen LogP contribution is 2.34. The Morgan fingerprint density at radius 3 is 2.75 bits per heavy atom. The topological polar surface area (TPSA) is 81.9 Å². The third kappa shape index (κ3) is 4.28. The number of amides is 1. The first-order valence-corrected chi connectivity index (χ1v) is 11.7. The van der Waals surface area contributed by atoms with Gasteiger partial charge in [0.15, 0.2) is 5.13 Å². The van der Waals surface area contributed by atoms with E-state index in [1.807, 2.05) is 24.0 Å². The van der Waals surface area contributed by atoms with Crippen molar-refractivity contribution in [2.24, 2.45) is 0 Å². The lowest BCUT2D eigenvalue weighted by molar-refractivity contribution is 0.0980. The highest BCUT2D eigenvalue weighted by atomic mass is 32.2. The zero-order valence-corrected chi connectivity index (χ0v) is 18.9. The smallest absolute Gasteiger partial charge is 0.280 e. The summed E-state index contributed by atoms with van der Waals surface area (Å²) in [4.78, 5) is 24.1. The van der Waals surface area contributed by atoms with Crippen LogP contribution in [0.25, 0.3) is 10.9 Å². The van der Waals surface area contributed by atoms with Crippen molar-refractivity contribution in [2.45, 2.75) is 13.5 Å². The van der Waals surface area contributed by atoms with E-state index < -0.39 is 0 Å². The van der Waals surface area contributed by atoms with Gasteiger partial charge in [-0.15, -0.1) is 11.3 Å². The van der Waals surface area contributed by atoms with Crippen LogP contribution in [-0.2, 0) is 6.54 Å². The van der Waals surface area contributed by atoms with Crippen molar-refractivity contribution in [1.29, 1.82) is 5.26 Å². The van der Waals surface area contributed by atoms with Gasteiger partial charge < -0.3 is 4.90 Å². The van der Waals surface area contributed by atoms with E-state index in [-0.39, 0.29) is 11.7 Å². The van der Waals surface area contributed by atoms with Gasteiger partial charge in [0.25, 0.3) is 5.91 Å². The second-order valence-electron chi connectivity index (χ2n) is 6.89. The SMILES string of the molecule is CSNC(=O)c1nc(N(Cc2ccc(F)c3cccnc23)c2ccc(C#N)cc2)sc1C. The van der Waals surface area contributed by atoms with Gasteiger partial charge in [0.05, 0.1) is 23.7 Å². The fourth-order valence-electron chi connectivity index (χ4n) is 3.33. The lowest BCUT2D eigenvalue weighted by Crippen LogP contribution is -2.19. The molecule has 0 fully saturated rings. The van der Waals surface area contributed by atoms with Gasteiger partial charge >= 0.3 is 0 Å². The number of thiazole rings is 1. The van der Waals surface area contributed by atoms with E-state index in [2.05, 4.69) is 20.8 Å². The zero-order valence-electron chi connectivity index (χ0n) is 17.3. The summed E-state index contributed by atoms with van der Waals surface area (Å²) >= 11 is 2.61. The Kier molecular flexibility index (Phi) is 6.35. The number of fused-ring (bicyclic) bond motifs is 1. The number of anilines is 2. The molecule has 2 aromatic carbocycles. The predicted octanol–water partition coefficient (Wildman–Crippen LogP) is 5.36. The Labute approximate surface area is 192 Å². The van der Waals surface area contributed by atoms with E-state index in [1.54, 1.807) is 42.8 Å². The summed E-state index contributed by atoms with van der Waals surface area (Å²) in [7, 11) is 0. The summed E-state index contributed by atoms with van der Waals surface area (Å²) in [6, 6.07) is 15.8. The van der Waals surface area contributed by atoms with Gasteiger partial charge in [0.2, 0.25) is 0 Å². The summed E-state index contributed by atoms with van der Waals surface area (Å²) < 4.78 is 17.0. The molecular formula is C23H18FN5OS2. The number of hydrogen-bond donors (Lipinski definition) is 1. The Balaban J connectivity index is 1.81. The summed E-state index contributed by atoms with van der Waals surface area (Å²) in [5, 5.41) is 10.2. The number of nitrogens with zero attached hydrogens (tertiary/aromatic N) is 4. The van der Waals surface area contributed by atoms with Crippen LogP contribution in [0.1, 0.15) is 26.5 Å². The number of halogens is 1. The molecule has 0 aliphatic rings.